The number of sulfonamides is 1. The summed E-state index contributed by atoms with van der Waals surface area (Å²) in [5, 5.41) is 0.398. The molecular formula is C16H19ClN2O3S. The van der Waals surface area contributed by atoms with Crippen LogP contribution in [0.2, 0.25) is 5.02 Å². The van der Waals surface area contributed by atoms with Crippen LogP contribution < -0.4 is 4.72 Å². The predicted octanol–water partition coefficient (Wildman–Crippen LogP) is 3.05. The molecule has 1 aromatic carbocycles. The molecule has 5 nitrogen and oxygen atoms in total. The molecule has 2 aromatic rings. The summed E-state index contributed by atoms with van der Waals surface area (Å²) in [4.78, 5) is 2.42. The van der Waals surface area contributed by atoms with Crippen molar-refractivity contribution >= 4 is 21.6 Å². The van der Waals surface area contributed by atoms with E-state index in [1.54, 1.807) is 18.4 Å². The Bertz CT molecular complexity index is 740. The van der Waals surface area contributed by atoms with Gasteiger partial charge in [-0.15, -0.1) is 0 Å². The average Bonchev–Trinajstić information content (AvgIpc) is 3.21. The number of likely N-dealkylation sites (tertiary alicyclic amines) is 1. The molecule has 3 rings (SSSR count). The summed E-state index contributed by atoms with van der Waals surface area (Å²) in [6.45, 7) is 2.16. The van der Waals surface area contributed by atoms with Gasteiger partial charge in [0, 0.05) is 11.6 Å². The van der Waals surface area contributed by atoms with E-state index in [0.29, 0.717) is 5.02 Å². The van der Waals surface area contributed by atoms with Gasteiger partial charge < -0.3 is 4.42 Å². The second kappa shape index (κ2) is 7.05. The zero-order chi connectivity index (χ0) is 16.3. The van der Waals surface area contributed by atoms with Crippen LogP contribution in [0, 0.1) is 0 Å². The maximum absolute atomic E-state index is 12.5. The molecule has 0 spiro atoms. The highest BCUT2D eigenvalue weighted by Gasteiger charge is 2.27. The zero-order valence-electron chi connectivity index (χ0n) is 12.6. The van der Waals surface area contributed by atoms with E-state index in [-0.39, 0.29) is 17.5 Å². The fourth-order valence-electron chi connectivity index (χ4n) is 2.85. The third-order valence-corrected chi connectivity index (χ3v) is 5.68. The van der Waals surface area contributed by atoms with Crippen molar-refractivity contribution in [1.29, 1.82) is 0 Å². The van der Waals surface area contributed by atoms with Crippen LogP contribution in [-0.2, 0) is 10.0 Å². The van der Waals surface area contributed by atoms with Crippen LogP contribution in [-0.4, -0.2) is 33.0 Å². The third kappa shape index (κ3) is 3.95. The molecule has 1 saturated heterocycles. The van der Waals surface area contributed by atoms with Crippen molar-refractivity contribution in [3.05, 3.63) is 53.4 Å². The van der Waals surface area contributed by atoms with E-state index in [1.807, 2.05) is 12.1 Å². The number of rotatable bonds is 6. The summed E-state index contributed by atoms with van der Waals surface area (Å²) in [6, 6.07) is 9.87. The quantitative estimate of drug-likeness (QED) is 0.866. The monoisotopic (exact) mass is 354 g/mol. The van der Waals surface area contributed by atoms with Gasteiger partial charge in [0.2, 0.25) is 10.0 Å². The van der Waals surface area contributed by atoms with E-state index < -0.39 is 10.0 Å². The smallest absolute Gasteiger partial charge is 0.240 e. The molecule has 1 aromatic heterocycles. The normalized spacial score (nSPS) is 17.4. The molecule has 0 bridgehead atoms. The lowest BCUT2D eigenvalue weighted by molar-refractivity contribution is 0.216. The van der Waals surface area contributed by atoms with Crippen LogP contribution >= 0.6 is 11.6 Å². The van der Waals surface area contributed by atoms with E-state index in [2.05, 4.69) is 9.62 Å². The van der Waals surface area contributed by atoms with E-state index in [4.69, 9.17) is 16.0 Å². The van der Waals surface area contributed by atoms with Gasteiger partial charge in [0.05, 0.1) is 17.2 Å². The average molecular weight is 355 g/mol. The number of hydrogen-bond donors (Lipinski definition) is 1. The Morgan fingerprint density at radius 2 is 2.00 bits per heavy atom. The summed E-state index contributed by atoms with van der Waals surface area (Å²) in [5.74, 6) is 0.778. The van der Waals surface area contributed by atoms with Crippen LogP contribution in [0.25, 0.3) is 0 Å². The van der Waals surface area contributed by atoms with Gasteiger partial charge in [0.1, 0.15) is 5.76 Å². The molecule has 0 saturated carbocycles. The first-order valence-electron chi connectivity index (χ1n) is 7.59. The minimum atomic E-state index is -3.60. The van der Waals surface area contributed by atoms with Crippen LogP contribution in [0.15, 0.2) is 52.0 Å². The molecule has 0 amide bonds. The first kappa shape index (κ1) is 16.5. The molecule has 1 atom stereocenters. The van der Waals surface area contributed by atoms with Crippen LogP contribution in [0.4, 0.5) is 0 Å². The van der Waals surface area contributed by atoms with Gasteiger partial charge >= 0.3 is 0 Å². The topological polar surface area (TPSA) is 62.6 Å². The van der Waals surface area contributed by atoms with Crippen molar-refractivity contribution in [2.24, 2.45) is 0 Å². The highest BCUT2D eigenvalue weighted by atomic mass is 35.5. The Morgan fingerprint density at radius 1 is 1.22 bits per heavy atom. The molecule has 124 valence electrons. The van der Waals surface area contributed by atoms with E-state index in [0.717, 1.165) is 31.7 Å². The van der Waals surface area contributed by atoms with Crippen molar-refractivity contribution in [3.8, 4) is 0 Å². The summed E-state index contributed by atoms with van der Waals surface area (Å²) < 4.78 is 33.1. The van der Waals surface area contributed by atoms with Gasteiger partial charge in [0.25, 0.3) is 0 Å². The highest BCUT2D eigenvalue weighted by Crippen LogP contribution is 2.25. The lowest BCUT2D eigenvalue weighted by Gasteiger charge is -2.25. The first-order chi connectivity index (χ1) is 11.1. The van der Waals surface area contributed by atoms with Crippen molar-refractivity contribution < 1.29 is 12.8 Å². The molecule has 0 radical (unpaired) electrons. The maximum atomic E-state index is 12.5. The molecule has 0 aliphatic carbocycles. The van der Waals surface area contributed by atoms with E-state index in [1.165, 1.54) is 12.1 Å². The number of benzene rings is 1. The second-order valence-electron chi connectivity index (χ2n) is 5.58. The Morgan fingerprint density at radius 3 is 2.65 bits per heavy atom. The summed E-state index contributed by atoms with van der Waals surface area (Å²) in [5.41, 5.74) is 0. The van der Waals surface area contributed by atoms with Crippen LogP contribution in [0.3, 0.4) is 0 Å². The number of nitrogens with one attached hydrogen (secondary N) is 1. The van der Waals surface area contributed by atoms with E-state index >= 15 is 0 Å². The molecule has 2 heterocycles. The lowest BCUT2D eigenvalue weighted by Crippen LogP contribution is -2.36. The highest BCUT2D eigenvalue weighted by molar-refractivity contribution is 7.89. The van der Waals surface area contributed by atoms with Crippen molar-refractivity contribution in [2.45, 2.75) is 23.8 Å². The molecule has 23 heavy (non-hydrogen) atoms. The number of hydrogen-bond acceptors (Lipinski definition) is 4. The van der Waals surface area contributed by atoms with Gasteiger partial charge in [-0.25, -0.2) is 13.1 Å². The van der Waals surface area contributed by atoms with Gasteiger partial charge in [0.15, 0.2) is 0 Å². The lowest BCUT2D eigenvalue weighted by atomic mass is 10.2. The predicted molar refractivity (Wildman–Crippen MR) is 88.9 cm³/mol. The Labute approximate surface area is 141 Å². The summed E-state index contributed by atoms with van der Waals surface area (Å²) >= 11 is 5.88. The number of furan rings is 1. The first-order valence-corrected chi connectivity index (χ1v) is 9.45. The summed E-state index contributed by atoms with van der Waals surface area (Å²) in [7, 11) is -3.60. The van der Waals surface area contributed by atoms with Crippen LogP contribution in [0.5, 0.6) is 0 Å². The molecule has 7 heteroatoms. The SMILES string of the molecule is O=S(=O)(NC[C@H](c1ccco1)N1CCCC1)c1cccc(Cl)c1. The zero-order valence-corrected chi connectivity index (χ0v) is 14.2. The molecule has 1 aliphatic heterocycles. The standard InChI is InChI=1S/C16H19ClN2O3S/c17-13-5-3-6-14(11-13)23(20,21)18-12-15(16-7-4-10-22-16)19-8-1-2-9-19/h3-7,10-11,15,18H,1-2,8-9,12H2/t15-/m1/s1. The molecular weight excluding hydrogens is 336 g/mol. The molecule has 1 N–H and O–H groups in total. The molecule has 1 fully saturated rings. The maximum Gasteiger partial charge on any atom is 0.240 e. The minimum Gasteiger partial charge on any atom is -0.468 e. The Hall–Kier alpha value is -1.34. The van der Waals surface area contributed by atoms with Crippen molar-refractivity contribution in [3.63, 3.8) is 0 Å². The van der Waals surface area contributed by atoms with Gasteiger partial charge in [-0.1, -0.05) is 17.7 Å². The van der Waals surface area contributed by atoms with Gasteiger partial charge in [-0.05, 0) is 56.3 Å². The third-order valence-electron chi connectivity index (χ3n) is 4.03. The molecule has 0 unspecified atom stereocenters. The van der Waals surface area contributed by atoms with E-state index in [9.17, 15) is 8.42 Å². The molecule has 1 aliphatic rings. The van der Waals surface area contributed by atoms with Crippen LogP contribution in [0.1, 0.15) is 24.6 Å². The fourth-order valence-corrected chi connectivity index (χ4v) is 4.19. The second-order valence-corrected chi connectivity index (χ2v) is 7.79. The largest absolute Gasteiger partial charge is 0.468 e. The van der Waals surface area contributed by atoms with Gasteiger partial charge in [-0.3, -0.25) is 4.90 Å². The van der Waals surface area contributed by atoms with Crippen molar-refractivity contribution in [2.75, 3.05) is 19.6 Å². The minimum absolute atomic E-state index is 0.0959. The fraction of sp³-hybridized carbons (Fsp3) is 0.375. The number of halogens is 1. The number of nitrogens with zero attached hydrogens (tertiary/aromatic N) is 1. The van der Waals surface area contributed by atoms with Crippen molar-refractivity contribution in [1.82, 2.24) is 9.62 Å². The Kier molecular flexibility index (Phi) is 5.06. The Balaban J connectivity index is 1.76. The summed E-state index contributed by atoms with van der Waals surface area (Å²) in [6.07, 6.45) is 3.86. The van der Waals surface area contributed by atoms with Gasteiger partial charge in [-0.2, -0.15) is 0 Å².